The van der Waals surface area contributed by atoms with Gasteiger partial charge in [0.05, 0.1) is 5.69 Å². The Labute approximate surface area is 130 Å². The number of aromatic nitrogens is 2. The van der Waals surface area contributed by atoms with Gasteiger partial charge in [-0.3, -0.25) is 4.68 Å². The highest BCUT2D eigenvalue weighted by atomic mass is 15.4. The van der Waals surface area contributed by atoms with Gasteiger partial charge in [0.1, 0.15) is 5.82 Å². The number of likely N-dealkylation sites (N-methyl/N-ethyl adjacent to an activating group) is 1. The highest BCUT2D eigenvalue weighted by molar-refractivity contribution is 5.50. The molecule has 1 unspecified atom stereocenters. The molecule has 0 fully saturated rings. The van der Waals surface area contributed by atoms with Crippen LogP contribution in [0.4, 0.5) is 5.82 Å². The van der Waals surface area contributed by atoms with Gasteiger partial charge in [-0.1, -0.05) is 13.8 Å². The van der Waals surface area contributed by atoms with Gasteiger partial charge in [-0.25, -0.2) is 0 Å². The summed E-state index contributed by atoms with van der Waals surface area (Å²) in [6.45, 7) is 9.59. The second-order valence-electron chi connectivity index (χ2n) is 6.17. The fourth-order valence-corrected chi connectivity index (χ4v) is 2.65. The van der Waals surface area contributed by atoms with Gasteiger partial charge in [0, 0.05) is 38.3 Å². The van der Waals surface area contributed by atoms with Gasteiger partial charge in [0.25, 0.3) is 0 Å². The molecule has 5 heteroatoms. The van der Waals surface area contributed by atoms with E-state index in [1.54, 1.807) is 0 Å². The highest BCUT2D eigenvalue weighted by Crippen LogP contribution is 2.25. The van der Waals surface area contributed by atoms with Crippen LogP contribution in [0.1, 0.15) is 37.9 Å². The van der Waals surface area contributed by atoms with Crippen LogP contribution in [0.2, 0.25) is 0 Å². The third-order valence-electron chi connectivity index (χ3n) is 3.91. The number of nitrogens with two attached hydrogens (primary N) is 1. The summed E-state index contributed by atoms with van der Waals surface area (Å²) in [5.41, 5.74) is 8.62. The molecule has 1 aromatic heterocycles. The lowest BCUT2D eigenvalue weighted by Gasteiger charge is -2.27. The molecule has 1 aromatic rings. The van der Waals surface area contributed by atoms with E-state index in [0.717, 1.165) is 44.6 Å². The van der Waals surface area contributed by atoms with Crippen LogP contribution < -0.4 is 10.6 Å². The summed E-state index contributed by atoms with van der Waals surface area (Å²) in [5.74, 6) is 1.25. The monoisotopic (exact) mass is 295 g/mol. The number of hydrogen-bond donors (Lipinski definition) is 1. The van der Waals surface area contributed by atoms with Crippen molar-refractivity contribution in [2.45, 2.75) is 46.1 Å². The fourth-order valence-electron chi connectivity index (χ4n) is 2.65. The van der Waals surface area contributed by atoms with E-state index in [-0.39, 0.29) is 6.04 Å². The van der Waals surface area contributed by atoms with Crippen molar-refractivity contribution in [1.82, 2.24) is 14.7 Å². The maximum Gasteiger partial charge on any atom is 0.130 e. The van der Waals surface area contributed by atoms with Crippen molar-refractivity contribution < 1.29 is 0 Å². The average molecular weight is 295 g/mol. The number of nitrogens with zero attached hydrogens (tertiary/aromatic N) is 4. The van der Waals surface area contributed by atoms with Crippen molar-refractivity contribution in [2.75, 3.05) is 38.6 Å². The second-order valence-corrected chi connectivity index (χ2v) is 6.17. The Kier molecular flexibility index (Phi) is 7.18. The zero-order valence-electron chi connectivity index (χ0n) is 14.7. The first-order chi connectivity index (χ1) is 9.90. The molecule has 1 heterocycles. The molecule has 0 radical (unpaired) electrons. The molecule has 0 aliphatic carbocycles. The Balaban J connectivity index is 3.04. The van der Waals surface area contributed by atoms with Crippen molar-refractivity contribution in [3.05, 3.63) is 11.3 Å². The van der Waals surface area contributed by atoms with Gasteiger partial charge in [-0.05, 0) is 40.3 Å². The molecule has 0 spiro atoms. The van der Waals surface area contributed by atoms with E-state index in [9.17, 15) is 0 Å². The number of rotatable bonds is 9. The molecular weight excluding hydrogens is 262 g/mol. The fraction of sp³-hybridized carbons (Fsp3) is 0.812. The van der Waals surface area contributed by atoms with Gasteiger partial charge in [0.2, 0.25) is 0 Å². The minimum Gasteiger partial charge on any atom is -0.355 e. The Morgan fingerprint density at radius 3 is 2.38 bits per heavy atom. The lowest BCUT2D eigenvalue weighted by molar-refractivity contribution is 0.411. The smallest absolute Gasteiger partial charge is 0.130 e. The molecular formula is C16H33N5. The van der Waals surface area contributed by atoms with Gasteiger partial charge >= 0.3 is 0 Å². The van der Waals surface area contributed by atoms with E-state index in [1.807, 2.05) is 11.7 Å². The lowest BCUT2D eigenvalue weighted by Crippen LogP contribution is -2.34. The number of anilines is 1. The molecule has 0 amide bonds. The largest absolute Gasteiger partial charge is 0.355 e. The maximum absolute atomic E-state index is 6.18. The van der Waals surface area contributed by atoms with Crippen LogP contribution in [-0.2, 0) is 13.5 Å². The zero-order valence-corrected chi connectivity index (χ0v) is 14.7. The van der Waals surface area contributed by atoms with Crippen molar-refractivity contribution in [3.8, 4) is 0 Å². The van der Waals surface area contributed by atoms with Gasteiger partial charge in [-0.2, -0.15) is 5.10 Å². The topological polar surface area (TPSA) is 50.3 Å². The highest BCUT2D eigenvalue weighted by Gasteiger charge is 2.20. The molecule has 1 rings (SSSR count). The summed E-state index contributed by atoms with van der Waals surface area (Å²) in [6.07, 6.45) is 3.05. The van der Waals surface area contributed by atoms with Crippen molar-refractivity contribution in [3.63, 3.8) is 0 Å². The Hall–Kier alpha value is -1.07. The average Bonchev–Trinajstić information content (AvgIpc) is 2.69. The molecule has 21 heavy (non-hydrogen) atoms. The summed E-state index contributed by atoms with van der Waals surface area (Å²) in [6, 6.07) is 0.212. The molecule has 0 aromatic carbocycles. The van der Waals surface area contributed by atoms with E-state index in [2.05, 4.69) is 49.8 Å². The molecule has 0 saturated carbocycles. The standard InChI is InChI=1S/C16H33N5/c1-7-9-21(11-10-19(4)5)16-15(12-14(17)8-2)13(3)18-20(16)6/h14H,7-12,17H2,1-6H3. The molecule has 0 aliphatic rings. The predicted molar refractivity (Wildman–Crippen MR) is 91.0 cm³/mol. The summed E-state index contributed by atoms with van der Waals surface area (Å²) in [5, 5.41) is 4.63. The molecule has 5 nitrogen and oxygen atoms in total. The van der Waals surface area contributed by atoms with Crippen LogP contribution in [-0.4, -0.2) is 54.5 Å². The lowest BCUT2D eigenvalue weighted by atomic mass is 10.0. The summed E-state index contributed by atoms with van der Waals surface area (Å²) < 4.78 is 2.03. The normalized spacial score (nSPS) is 13.0. The van der Waals surface area contributed by atoms with Gasteiger partial charge in [0.15, 0.2) is 0 Å². The maximum atomic E-state index is 6.18. The first-order valence-electron chi connectivity index (χ1n) is 8.08. The molecule has 0 bridgehead atoms. The van der Waals surface area contributed by atoms with E-state index >= 15 is 0 Å². The quantitative estimate of drug-likeness (QED) is 0.754. The first-order valence-corrected chi connectivity index (χ1v) is 8.08. The first kappa shape index (κ1) is 18.0. The molecule has 1 atom stereocenters. The van der Waals surface area contributed by atoms with Crippen LogP contribution >= 0.6 is 0 Å². The van der Waals surface area contributed by atoms with Crippen LogP contribution in [0.3, 0.4) is 0 Å². The van der Waals surface area contributed by atoms with E-state index in [0.29, 0.717) is 0 Å². The summed E-state index contributed by atoms with van der Waals surface area (Å²) in [7, 11) is 6.28. The molecule has 0 saturated heterocycles. The van der Waals surface area contributed by atoms with E-state index in [4.69, 9.17) is 5.73 Å². The van der Waals surface area contributed by atoms with Crippen molar-refractivity contribution in [1.29, 1.82) is 0 Å². The van der Waals surface area contributed by atoms with Crippen LogP contribution in [0.25, 0.3) is 0 Å². The number of hydrogen-bond acceptors (Lipinski definition) is 4. The SMILES string of the molecule is CCCN(CCN(C)C)c1c(CC(N)CC)c(C)nn1C. The van der Waals surface area contributed by atoms with Crippen LogP contribution in [0, 0.1) is 6.92 Å². The van der Waals surface area contributed by atoms with E-state index < -0.39 is 0 Å². The summed E-state index contributed by atoms with van der Waals surface area (Å²) >= 11 is 0. The Morgan fingerprint density at radius 2 is 1.86 bits per heavy atom. The molecule has 122 valence electrons. The predicted octanol–water partition coefficient (Wildman–Crippen LogP) is 1.79. The molecule has 0 aliphatic heterocycles. The minimum absolute atomic E-state index is 0.212. The third kappa shape index (κ3) is 5.00. The number of aryl methyl sites for hydroxylation is 2. The summed E-state index contributed by atoms with van der Waals surface area (Å²) in [4.78, 5) is 4.68. The molecule has 2 N–H and O–H groups in total. The third-order valence-corrected chi connectivity index (χ3v) is 3.91. The van der Waals surface area contributed by atoms with E-state index in [1.165, 1.54) is 11.4 Å². The van der Waals surface area contributed by atoms with Crippen LogP contribution in [0.15, 0.2) is 0 Å². The minimum atomic E-state index is 0.212. The zero-order chi connectivity index (χ0) is 16.0. The van der Waals surface area contributed by atoms with Crippen LogP contribution in [0.5, 0.6) is 0 Å². The second kappa shape index (κ2) is 8.39. The van der Waals surface area contributed by atoms with Gasteiger partial charge < -0.3 is 15.5 Å². The Morgan fingerprint density at radius 1 is 1.19 bits per heavy atom. The van der Waals surface area contributed by atoms with Crippen molar-refractivity contribution in [2.24, 2.45) is 12.8 Å². The van der Waals surface area contributed by atoms with Gasteiger partial charge in [-0.15, -0.1) is 0 Å². The van der Waals surface area contributed by atoms with Crippen molar-refractivity contribution >= 4 is 5.82 Å². The Bertz CT molecular complexity index is 425.